The zero-order valence-electron chi connectivity index (χ0n) is 11.3. The van der Waals surface area contributed by atoms with Crippen LogP contribution in [-0.4, -0.2) is 43.5 Å². The lowest BCUT2D eigenvalue weighted by atomic mass is 10.2. The van der Waals surface area contributed by atoms with E-state index in [1.54, 1.807) is 7.11 Å². The fourth-order valence-corrected chi connectivity index (χ4v) is 2.38. The van der Waals surface area contributed by atoms with E-state index in [1.807, 2.05) is 23.1 Å². The van der Waals surface area contributed by atoms with E-state index in [-0.39, 0.29) is 6.01 Å². The number of aromatic nitrogens is 2. The van der Waals surface area contributed by atoms with Crippen LogP contribution in [-0.2, 0) is 0 Å². The molecule has 7 heteroatoms. The number of nitrogens with two attached hydrogens (primary N) is 1. The van der Waals surface area contributed by atoms with E-state index < -0.39 is 0 Å². The second-order valence-electron chi connectivity index (χ2n) is 4.57. The molecule has 0 aliphatic carbocycles. The third-order valence-electron chi connectivity index (χ3n) is 3.41. The van der Waals surface area contributed by atoms with Gasteiger partial charge in [-0.2, -0.15) is 0 Å². The molecular formula is C13H17N5O2. The first kappa shape index (κ1) is 12.6. The first-order valence-electron chi connectivity index (χ1n) is 6.50. The number of anilines is 3. The SMILES string of the molecule is COc1ccccc1N1CCN(c2nnc(N)o2)CC1. The third kappa shape index (κ3) is 2.34. The van der Waals surface area contributed by atoms with Gasteiger partial charge in [-0.3, -0.25) is 0 Å². The highest BCUT2D eigenvalue weighted by Crippen LogP contribution is 2.29. The first-order valence-corrected chi connectivity index (χ1v) is 6.50. The van der Waals surface area contributed by atoms with Crippen molar-refractivity contribution in [2.24, 2.45) is 0 Å². The van der Waals surface area contributed by atoms with Gasteiger partial charge in [-0.15, -0.1) is 0 Å². The van der Waals surface area contributed by atoms with Gasteiger partial charge < -0.3 is 24.7 Å². The summed E-state index contributed by atoms with van der Waals surface area (Å²) in [5.74, 6) is 0.892. The molecule has 1 aromatic heterocycles. The maximum absolute atomic E-state index is 5.45. The van der Waals surface area contributed by atoms with E-state index in [9.17, 15) is 0 Å². The highest BCUT2D eigenvalue weighted by Gasteiger charge is 2.22. The molecule has 1 aliphatic heterocycles. The monoisotopic (exact) mass is 275 g/mol. The second kappa shape index (κ2) is 5.28. The molecule has 1 fully saturated rings. The van der Waals surface area contributed by atoms with Gasteiger partial charge in [0.15, 0.2) is 0 Å². The molecule has 2 heterocycles. The van der Waals surface area contributed by atoms with E-state index in [1.165, 1.54) is 0 Å². The minimum atomic E-state index is 0.104. The summed E-state index contributed by atoms with van der Waals surface area (Å²) in [6.45, 7) is 3.34. The number of piperazine rings is 1. The molecule has 7 nitrogen and oxygen atoms in total. The Bertz CT molecular complexity index is 578. The fraction of sp³-hybridized carbons (Fsp3) is 0.385. The molecule has 3 rings (SSSR count). The molecule has 106 valence electrons. The molecule has 0 unspecified atom stereocenters. The number of hydrogen-bond acceptors (Lipinski definition) is 7. The summed E-state index contributed by atoms with van der Waals surface area (Å²) in [7, 11) is 1.69. The van der Waals surface area contributed by atoms with Crippen LogP contribution in [0.5, 0.6) is 5.75 Å². The second-order valence-corrected chi connectivity index (χ2v) is 4.57. The van der Waals surface area contributed by atoms with Crippen LogP contribution in [0.4, 0.5) is 17.7 Å². The van der Waals surface area contributed by atoms with Crippen molar-refractivity contribution >= 4 is 17.7 Å². The number of hydrogen-bond donors (Lipinski definition) is 1. The quantitative estimate of drug-likeness (QED) is 0.894. The van der Waals surface area contributed by atoms with Gasteiger partial charge in [-0.25, -0.2) is 0 Å². The van der Waals surface area contributed by atoms with E-state index >= 15 is 0 Å². The van der Waals surface area contributed by atoms with Gasteiger partial charge >= 0.3 is 12.0 Å². The van der Waals surface area contributed by atoms with Crippen molar-refractivity contribution in [1.29, 1.82) is 0 Å². The molecule has 1 aromatic carbocycles. The number of ether oxygens (including phenoxy) is 1. The Morgan fingerprint density at radius 1 is 1.10 bits per heavy atom. The van der Waals surface area contributed by atoms with Gasteiger partial charge in [-0.05, 0) is 12.1 Å². The van der Waals surface area contributed by atoms with Crippen molar-refractivity contribution in [1.82, 2.24) is 10.2 Å². The molecule has 1 saturated heterocycles. The standard InChI is InChI=1S/C13H17N5O2/c1-19-11-5-3-2-4-10(11)17-6-8-18(9-7-17)13-16-15-12(14)20-13/h2-5H,6-9H2,1H3,(H2,14,15). The lowest BCUT2D eigenvalue weighted by Gasteiger charge is -2.35. The summed E-state index contributed by atoms with van der Waals surface area (Å²) in [5.41, 5.74) is 6.56. The largest absolute Gasteiger partial charge is 0.495 e. The topological polar surface area (TPSA) is 80.7 Å². The number of nitrogens with zero attached hydrogens (tertiary/aromatic N) is 4. The molecule has 0 spiro atoms. The number of methoxy groups -OCH3 is 1. The summed E-state index contributed by atoms with van der Waals surface area (Å²) >= 11 is 0. The highest BCUT2D eigenvalue weighted by atomic mass is 16.5. The van der Waals surface area contributed by atoms with E-state index in [2.05, 4.69) is 21.2 Å². The Morgan fingerprint density at radius 2 is 1.80 bits per heavy atom. The molecule has 0 radical (unpaired) electrons. The molecular weight excluding hydrogens is 258 g/mol. The predicted molar refractivity (Wildman–Crippen MR) is 76.1 cm³/mol. The van der Waals surface area contributed by atoms with Crippen molar-refractivity contribution in [2.45, 2.75) is 0 Å². The molecule has 0 amide bonds. The van der Waals surface area contributed by atoms with Crippen LogP contribution in [0.15, 0.2) is 28.7 Å². The summed E-state index contributed by atoms with van der Waals surface area (Å²) in [6, 6.07) is 8.62. The van der Waals surface area contributed by atoms with Crippen LogP contribution in [0.1, 0.15) is 0 Å². The van der Waals surface area contributed by atoms with Gasteiger partial charge in [0.05, 0.1) is 12.8 Å². The lowest BCUT2D eigenvalue weighted by molar-refractivity contribution is 0.413. The molecule has 1 aliphatic rings. The summed E-state index contributed by atoms with van der Waals surface area (Å²) in [5, 5.41) is 7.59. The Hall–Kier alpha value is -2.44. The fourth-order valence-electron chi connectivity index (χ4n) is 2.38. The average Bonchev–Trinajstić information content (AvgIpc) is 2.94. The Labute approximate surface area is 116 Å². The molecule has 0 bridgehead atoms. The molecule has 0 atom stereocenters. The van der Waals surface area contributed by atoms with Gasteiger partial charge in [0, 0.05) is 26.2 Å². The van der Waals surface area contributed by atoms with E-state index in [0.717, 1.165) is 37.6 Å². The van der Waals surface area contributed by atoms with E-state index in [0.29, 0.717) is 6.01 Å². The summed E-state index contributed by atoms with van der Waals surface area (Å²) in [4.78, 5) is 4.32. The van der Waals surface area contributed by atoms with Crippen molar-refractivity contribution in [3.05, 3.63) is 24.3 Å². The van der Waals surface area contributed by atoms with Gasteiger partial charge in [0.1, 0.15) is 5.75 Å². The number of rotatable bonds is 3. The molecule has 2 aromatic rings. The van der Waals surface area contributed by atoms with Crippen molar-refractivity contribution < 1.29 is 9.15 Å². The average molecular weight is 275 g/mol. The van der Waals surface area contributed by atoms with Crippen LogP contribution in [0.25, 0.3) is 0 Å². The van der Waals surface area contributed by atoms with Gasteiger partial charge in [-0.1, -0.05) is 22.3 Å². The maximum atomic E-state index is 5.45. The van der Waals surface area contributed by atoms with Crippen LogP contribution in [0, 0.1) is 0 Å². The normalized spacial score (nSPS) is 15.4. The molecule has 0 saturated carbocycles. The smallest absolute Gasteiger partial charge is 0.319 e. The first-order chi connectivity index (χ1) is 9.78. The van der Waals surface area contributed by atoms with Crippen LogP contribution >= 0.6 is 0 Å². The Balaban J connectivity index is 1.69. The van der Waals surface area contributed by atoms with Crippen molar-refractivity contribution in [3.63, 3.8) is 0 Å². The van der Waals surface area contributed by atoms with Crippen molar-refractivity contribution in [3.8, 4) is 5.75 Å². The van der Waals surface area contributed by atoms with Crippen molar-refractivity contribution in [2.75, 3.05) is 48.8 Å². The maximum Gasteiger partial charge on any atom is 0.319 e. The minimum absolute atomic E-state index is 0.104. The number of para-hydroxylation sites is 2. The molecule has 20 heavy (non-hydrogen) atoms. The summed E-state index contributed by atoms with van der Waals surface area (Å²) in [6.07, 6.45) is 0. The van der Waals surface area contributed by atoms with Gasteiger partial charge in [0.2, 0.25) is 0 Å². The number of benzene rings is 1. The lowest BCUT2D eigenvalue weighted by Crippen LogP contribution is -2.46. The minimum Gasteiger partial charge on any atom is -0.495 e. The van der Waals surface area contributed by atoms with E-state index in [4.69, 9.17) is 14.9 Å². The predicted octanol–water partition coefficient (Wildman–Crippen LogP) is 0.987. The highest BCUT2D eigenvalue weighted by molar-refractivity contribution is 5.59. The Kier molecular flexibility index (Phi) is 3.32. The van der Waals surface area contributed by atoms with Crippen LogP contribution in [0.2, 0.25) is 0 Å². The van der Waals surface area contributed by atoms with Crippen LogP contribution < -0.4 is 20.3 Å². The zero-order valence-corrected chi connectivity index (χ0v) is 11.3. The number of nitrogen functional groups attached to an aromatic ring is 1. The zero-order chi connectivity index (χ0) is 13.9. The molecule has 2 N–H and O–H groups in total. The van der Waals surface area contributed by atoms with Gasteiger partial charge in [0.25, 0.3) is 0 Å². The Morgan fingerprint density at radius 3 is 2.45 bits per heavy atom. The third-order valence-corrected chi connectivity index (χ3v) is 3.41. The van der Waals surface area contributed by atoms with Crippen LogP contribution in [0.3, 0.4) is 0 Å². The summed E-state index contributed by atoms with van der Waals surface area (Å²) < 4.78 is 10.6.